The van der Waals surface area contributed by atoms with Gasteiger partial charge in [0, 0.05) is 6.54 Å². The van der Waals surface area contributed by atoms with Gasteiger partial charge in [0.05, 0.1) is 24.3 Å². The van der Waals surface area contributed by atoms with Crippen molar-refractivity contribution in [3.05, 3.63) is 54.1 Å². The lowest BCUT2D eigenvalue weighted by molar-refractivity contribution is 0.155. The molecule has 0 aliphatic heterocycles. The van der Waals surface area contributed by atoms with Crippen molar-refractivity contribution in [2.45, 2.75) is 45.3 Å². The first-order chi connectivity index (χ1) is 9.31. The van der Waals surface area contributed by atoms with Gasteiger partial charge < -0.3 is 9.67 Å². The zero-order valence-corrected chi connectivity index (χ0v) is 11.5. The van der Waals surface area contributed by atoms with Gasteiger partial charge in [-0.05, 0) is 31.2 Å². The molecule has 3 nitrogen and oxygen atoms in total. The molecule has 2 aromatic rings. The van der Waals surface area contributed by atoms with Crippen molar-refractivity contribution in [1.29, 1.82) is 0 Å². The molecule has 0 saturated carbocycles. The fraction of sp³-hybridized carbons (Fsp3) is 0.438. The summed E-state index contributed by atoms with van der Waals surface area (Å²) in [7, 11) is 0. The molecule has 0 aliphatic carbocycles. The summed E-state index contributed by atoms with van der Waals surface area (Å²) in [5.74, 6) is 0. The van der Waals surface area contributed by atoms with E-state index >= 15 is 0 Å². The van der Waals surface area contributed by atoms with E-state index in [0.29, 0.717) is 0 Å². The van der Waals surface area contributed by atoms with Gasteiger partial charge in [0.2, 0.25) is 0 Å². The quantitative estimate of drug-likeness (QED) is 0.827. The molecule has 1 aromatic carbocycles. The molecule has 0 fully saturated rings. The Morgan fingerprint density at radius 3 is 2.79 bits per heavy atom. The van der Waals surface area contributed by atoms with Crippen LogP contribution in [0.15, 0.2) is 42.9 Å². The molecular formula is C16H22N2O. The van der Waals surface area contributed by atoms with Crippen LogP contribution in [0.5, 0.6) is 0 Å². The minimum absolute atomic E-state index is 0.405. The summed E-state index contributed by atoms with van der Waals surface area (Å²) in [5, 5.41) is 10.2. The predicted molar refractivity (Wildman–Crippen MR) is 76.9 cm³/mol. The summed E-state index contributed by atoms with van der Waals surface area (Å²) in [5.41, 5.74) is 2.27. The maximum atomic E-state index is 10.2. The van der Waals surface area contributed by atoms with Crippen LogP contribution in [-0.4, -0.2) is 14.7 Å². The van der Waals surface area contributed by atoms with E-state index in [4.69, 9.17) is 0 Å². The van der Waals surface area contributed by atoms with Gasteiger partial charge in [-0.2, -0.15) is 0 Å². The SMILES string of the molecule is CCCn1cncc1C(O)CCCc1ccccc1. The molecule has 0 aliphatic rings. The zero-order chi connectivity index (χ0) is 13.5. The molecule has 19 heavy (non-hydrogen) atoms. The number of aliphatic hydroxyl groups is 1. The van der Waals surface area contributed by atoms with E-state index in [2.05, 4.69) is 36.2 Å². The van der Waals surface area contributed by atoms with E-state index < -0.39 is 6.10 Å². The molecule has 0 amide bonds. The molecule has 1 N–H and O–H groups in total. The van der Waals surface area contributed by atoms with Crippen molar-refractivity contribution >= 4 is 0 Å². The third-order valence-corrected chi connectivity index (χ3v) is 3.34. The Bertz CT molecular complexity index is 479. The Hall–Kier alpha value is -1.61. The van der Waals surface area contributed by atoms with Crippen LogP contribution in [0.25, 0.3) is 0 Å². The summed E-state index contributed by atoms with van der Waals surface area (Å²) in [6, 6.07) is 10.4. The maximum Gasteiger partial charge on any atom is 0.0955 e. The van der Waals surface area contributed by atoms with Gasteiger partial charge in [0.25, 0.3) is 0 Å². The zero-order valence-electron chi connectivity index (χ0n) is 11.5. The highest BCUT2D eigenvalue weighted by Gasteiger charge is 2.12. The lowest BCUT2D eigenvalue weighted by atomic mass is 10.0. The summed E-state index contributed by atoms with van der Waals surface area (Å²) in [6.07, 6.45) is 7.02. The molecule has 0 saturated heterocycles. The number of hydrogen-bond donors (Lipinski definition) is 1. The van der Waals surface area contributed by atoms with Crippen LogP contribution >= 0.6 is 0 Å². The number of benzene rings is 1. The van der Waals surface area contributed by atoms with Crippen LogP contribution in [0.3, 0.4) is 0 Å². The second-order valence-corrected chi connectivity index (χ2v) is 4.91. The fourth-order valence-electron chi connectivity index (χ4n) is 2.33. The Labute approximate surface area is 114 Å². The van der Waals surface area contributed by atoms with Crippen molar-refractivity contribution in [3.8, 4) is 0 Å². The predicted octanol–water partition coefficient (Wildman–Crippen LogP) is 3.35. The molecule has 0 bridgehead atoms. The van der Waals surface area contributed by atoms with E-state index in [1.807, 2.05) is 10.6 Å². The second-order valence-electron chi connectivity index (χ2n) is 4.91. The lowest BCUT2D eigenvalue weighted by Gasteiger charge is -2.13. The Morgan fingerprint density at radius 2 is 2.05 bits per heavy atom. The van der Waals surface area contributed by atoms with Crippen molar-refractivity contribution in [1.82, 2.24) is 9.55 Å². The first-order valence-corrected chi connectivity index (χ1v) is 7.03. The summed E-state index contributed by atoms with van der Waals surface area (Å²) in [6.45, 7) is 3.05. The molecule has 1 atom stereocenters. The lowest BCUT2D eigenvalue weighted by Crippen LogP contribution is -2.07. The van der Waals surface area contributed by atoms with Gasteiger partial charge in [-0.25, -0.2) is 4.98 Å². The first-order valence-electron chi connectivity index (χ1n) is 7.03. The number of aliphatic hydroxyl groups excluding tert-OH is 1. The first kappa shape index (κ1) is 13.8. The van der Waals surface area contributed by atoms with E-state index in [9.17, 15) is 5.11 Å². The molecule has 1 aromatic heterocycles. The largest absolute Gasteiger partial charge is 0.387 e. The second kappa shape index (κ2) is 7.10. The number of nitrogens with zero attached hydrogens (tertiary/aromatic N) is 2. The summed E-state index contributed by atoms with van der Waals surface area (Å²) >= 11 is 0. The molecule has 0 spiro atoms. The molecule has 0 radical (unpaired) electrons. The van der Waals surface area contributed by atoms with Crippen LogP contribution in [-0.2, 0) is 13.0 Å². The third kappa shape index (κ3) is 3.93. The number of aryl methyl sites for hydroxylation is 2. The fourth-order valence-corrected chi connectivity index (χ4v) is 2.33. The standard InChI is InChI=1S/C16H22N2O/c1-2-11-18-13-17-12-15(18)16(19)10-6-9-14-7-4-3-5-8-14/h3-5,7-8,12-13,16,19H,2,6,9-11H2,1H3. The molecule has 2 rings (SSSR count). The highest BCUT2D eigenvalue weighted by Crippen LogP contribution is 2.19. The highest BCUT2D eigenvalue weighted by molar-refractivity contribution is 5.14. The minimum Gasteiger partial charge on any atom is -0.387 e. The molecule has 1 heterocycles. The van der Waals surface area contributed by atoms with Crippen LogP contribution < -0.4 is 0 Å². The van der Waals surface area contributed by atoms with Crippen LogP contribution in [0.1, 0.15) is 43.5 Å². The van der Waals surface area contributed by atoms with Crippen molar-refractivity contribution in [2.24, 2.45) is 0 Å². The Kier molecular flexibility index (Phi) is 5.16. The van der Waals surface area contributed by atoms with Crippen LogP contribution in [0.2, 0.25) is 0 Å². The van der Waals surface area contributed by atoms with Crippen LogP contribution in [0, 0.1) is 0 Å². The molecule has 3 heteroatoms. The molecule has 1 unspecified atom stereocenters. The normalized spacial score (nSPS) is 12.5. The van der Waals surface area contributed by atoms with Gasteiger partial charge in [0.15, 0.2) is 0 Å². The van der Waals surface area contributed by atoms with Crippen LogP contribution in [0.4, 0.5) is 0 Å². The third-order valence-electron chi connectivity index (χ3n) is 3.34. The minimum atomic E-state index is -0.405. The number of rotatable bonds is 7. The average molecular weight is 258 g/mol. The number of aromatic nitrogens is 2. The monoisotopic (exact) mass is 258 g/mol. The van der Waals surface area contributed by atoms with Gasteiger partial charge in [-0.15, -0.1) is 0 Å². The van der Waals surface area contributed by atoms with Gasteiger partial charge in [-0.3, -0.25) is 0 Å². The van der Waals surface area contributed by atoms with E-state index in [1.165, 1.54) is 5.56 Å². The topological polar surface area (TPSA) is 38.0 Å². The van der Waals surface area contributed by atoms with E-state index in [0.717, 1.165) is 37.9 Å². The highest BCUT2D eigenvalue weighted by atomic mass is 16.3. The van der Waals surface area contributed by atoms with Gasteiger partial charge in [-0.1, -0.05) is 37.3 Å². The Balaban J connectivity index is 1.84. The molecule has 102 valence electrons. The average Bonchev–Trinajstić information content (AvgIpc) is 2.89. The van der Waals surface area contributed by atoms with Gasteiger partial charge in [0.1, 0.15) is 0 Å². The number of hydrogen-bond acceptors (Lipinski definition) is 2. The van der Waals surface area contributed by atoms with E-state index in [1.54, 1.807) is 12.5 Å². The van der Waals surface area contributed by atoms with E-state index in [-0.39, 0.29) is 0 Å². The van der Waals surface area contributed by atoms with Gasteiger partial charge >= 0.3 is 0 Å². The molecular weight excluding hydrogens is 236 g/mol. The van der Waals surface area contributed by atoms with Crippen molar-refractivity contribution in [2.75, 3.05) is 0 Å². The summed E-state index contributed by atoms with van der Waals surface area (Å²) in [4.78, 5) is 4.13. The smallest absolute Gasteiger partial charge is 0.0955 e. The van der Waals surface area contributed by atoms with Crippen molar-refractivity contribution in [3.63, 3.8) is 0 Å². The van der Waals surface area contributed by atoms with Crippen molar-refractivity contribution < 1.29 is 5.11 Å². The summed E-state index contributed by atoms with van der Waals surface area (Å²) < 4.78 is 2.05. The maximum absolute atomic E-state index is 10.2. The Morgan fingerprint density at radius 1 is 1.26 bits per heavy atom. The number of imidazole rings is 1.